The largest absolute Gasteiger partial charge is 0.416 e. The van der Waals surface area contributed by atoms with E-state index in [4.69, 9.17) is 0 Å². The third-order valence-electron chi connectivity index (χ3n) is 4.77. The number of hydrogen-bond acceptors (Lipinski definition) is 5. The van der Waals surface area contributed by atoms with Gasteiger partial charge in [-0.1, -0.05) is 23.9 Å². The Hall–Kier alpha value is -3.35. The van der Waals surface area contributed by atoms with E-state index >= 15 is 0 Å². The molecule has 3 rings (SSSR count). The molecule has 0 spiro atoms. The summed E-state index contributed by atoms with van der Waals surface area (Å²) in [6.45, 7) is 1.37. The first-order valence-electron chi connectivity index (χ1n) is 9.48. The molecule has 3 aromatic rings. The molecule has 0 radical (unpaired) electrons. The van der Waals surface area contributed by atoms with E-state index in [-0.39, 0.29) is 39.5 Å². The van der Waals surface area contributed by atoms with Crippen LogP contribution in [-0.4, -0.2) is 14.9 Å². The lowest BCUT2D eigenvalue weighted by Crippen LogP contribution is -2.17. The number of aromatic nitrogens is 2. The molecule has 0 amide bonds. The van der Waals surface area contributed by atoms with Crippen molar-refractivity contribution < 1.29 is 31.3 Å². The van der Waals surface area contributed by atoms with Crippen LogP contribution in [0.2, 0.25) is 0 Å². The summed E-state index contributed by atoms with van der Waals surface area (Å²) in [6, 6.07) is 6.87. The molecule has 34 heavy (non-hydrogen) atoms. The van der Waals surface area contributed by atoms with E-state index in [1.165, 1.54) is 31.2 Å². The van der Waals surface area contributed by atoms with E-state index in [1.807, 2.05) is 0 Å². The van der Waals surface area contributed by atoms with E-state index < -0.39 is 40.4 Å². The maximum atomic E-state index is 13.1. The van der Waals surface area contributed by atoms with Crippen LogP contribution >= 0.6 is 11.8 Å². The van der Waals surface area contributed by atoms with Gasteiger partial charge in [0, 0.05) is 29.9 Å². The van der Waals surface area contributed by atoms with Gasteiger partial charge in [-0.15, -0.1) is 0 Å². The average molecular weight is 503 g/mol. The number of rotatable bonds is 6. The van der Waals surface area contributed by atoms with Gasteiger partial charge >= 0.3 is 12.4 Å². The molecule has 13 heteroatoms. The fourth-order valence-corrected chi connectivity index (χ4v) is 3.81. The van der Waals surface area contributed by atoms with Crippen LogP contribution in [0.25, 0.3) is 0 Å². The van der Waals surface area contributed by atoms with Crippen LogP contribution in [0.3, 0.4) is 0 Å². The number of nitrogens with zero attached hydrogens (tertiary/aromatic N) is 2. The van der Waals surface area contributed by atoms with Gasteiger partial charge in [0.05, 0.1) is 21.7 Å². The molecule has 0 saturated heterocycles. The molecule has 0 bridgehead atoms. The van der Waals surface area contributed by atoms with Crippen molar-refractivity contribution in [1.82, 2.24) is 9.97 Å². The van der Waals surface area contributed by atoms with Gasteiger partial charge < -0.3 is 4.98 Å². The van der Waals surface area contributed by atoms with Crippen molar-refractivity contribution >= 4 is 17.4 Å². The number of hydrogen-bond donors (Lipinski definition) is 1. The molecule has 2 aromatic carbocycles. The van der Waals surface area contributed by atoms with Crippen LogP contribution in [0, 0.1) is 17.0 Å². The average Bonchev–Trinajstić information content (AvgIpc) is 2.74. The molecule has 0 aliphatic carbocycles. The second-order valence-corrected chi connectivity index (χ2v) is 8.21. The van der Waals surface area contributed by atoms with Gasteiger partial charge in [-0.3, -0.25) is 14.9 Å². The Kier molecular flexibility index (Phi) is 7.05. The fraction of sp³-hybridized carbons (Fsp3) is 0.238. The minimum absolute atomic E-state index is 0.0300. The number of benzene rings is 2. The highest BCUT2D eigenvalue weighted by molar-refractivity contribution is 7.98. The van der Waals surface area contributed by atoms with E-state index in [1.54, 1.807) is 0 Å². The maximum absolute atomic E-state index is 13.1. The van der Waals surface area contributed by atoms with Crippen LogP contribution in [0.4, 0.5) is 32.0 Å². The molecular weight excluding hydrogens is 488 g/mol. The molecule has 1 N–H and O–H groups in total. The highest BCUT2D eigenvalue weighted by atomic mass is 32.2. The summed E-state index contributed by atoms with van der Waals surface area (Å²) in [5.41, 5.74) is -3.12. The minimum Gasteiger partial charge on any atom is -0.301 e. The molecule has 0 aliphatic rings. The number of aromatic amines is 1. The van der Waals surface area contributed by atoms with E-state index in [2.05, 4.69) is 9.97 Å². The Labute approximate surface area is 192 Å². The smallest absolute Gasteiger partial charge is 0.301 e. The summed E-state index contributed by atoms with van der Waals surface area (Å²) >= 11 is 1.05. The van der Waals surface area contributed by atoms with Crippen molar-refractivity contribution in [3.63, 3.8) is 0 Å². The number of halogens is 6. The third-order valence-corrected chi connectivity index (χ3v) is 5.72. The zero-order valence-electron chi connectivity index (χ0n) is 17.3. The Morgan fingerprint density at radius 2 is 1.53 bits per heavy atom. The van der Waals surface area contributed by atoms with Crippen molar-refractivity contribution in [3.05, 3.63) is 96.4 Å². The first-order valence-corrected chi connectivity index (χ1v) is 10.5. The van der Waals surface area contributed by atoms with Crippen molar-refractivity contribution in [1.29, 1.82) is 0 Å². The Bertz CT molecular complexity index is 1240. The monoisotopic (exact) mass is 503 g/mol. The molecule has 1 heterocycles. The van der Waals surface area contributed by atoms with Gasteiger partial charge in [0.1, 0.15) is 0 Å². The Balaban J connectivity index is 1.89. The van der Waals surface area contributed by atoms with E-state index in [9.17, 15) is 41.3 Å². The normalized spacial score (nSPS) is 12.1. The maximum Gasteiger partial charge on any atom is 0.416 e. The van der Waals surface area contributed by atoms with E-state index in [0.29, 0.717) is 17.7 Å². The lowest BCUT2D eigenvalue weighted by Gasteiger charge is -2.15. The van der Waals surface area contributed by atoms with Gasteiger partial charge in [0.2, 0.25) is 0 Å². The number of alkyl halides is 6. The zero-order valence-corrected chi connectivity index (χ0v) is 18.1. The van der Waals surface area contributed by atoms with Crippen LogP contribution < -0.4 is 5.56 Å². The van der Waals surface area contributed by atoms with Crippen molar-refractivity contribution in [2.24, 2.45) is 0 Å². The number of H-pyrrole nitrogens is 1. The third kappa shape index (κ3) is 6.16. The molecule has 180 valence electrons. The SMILES string of the molecule is Cc1c(Cc2cc(C(F)(F)F)cc(C(F)(F)F)c2)nc(SCc2ccc([N+](=O)[O-])cc2)[nH]c1=O. The molecule has 1 aromatic heterocycles. The number of thioether (sulfide) groups is 1. The standard InChI is InChI=1S/C21H15F6N3O3S/c1-11-17(8-13-6-14(20(22,23)24)9-15(7-13)21(25,26)27)28-19(29-18(11)31)34-10-12-2-4-16(5-3-12)30(32)33/h2-7,9H,8,10H2,1H3,(H,28,29,31). The summed E-state index contributed by atoms with van der Waals surface area (Å²) < 4.78 is 78.8. The summed E-state index contributed by atoms with van der Waals surface area (Å²) in [6.07, 6.45) is -10.4. The number of nitrogens with one attached hydrogen (secondary N) is 1. The lowest BCUT2D eigenvalue weighted by atomic mass is 10.00. The minimum atomic E-state index is -4.99. The summed E-state index contributed by atoms with van der Waals surface area (Å²) in [5, 5.41) is 10.8. The van der Waals surface area contributed by atoms with Gasteiger partial charge in [0.15, 0.2) is 5.16 Å². The van der Waals surface area contributed by atoms with Crippen molar-refractivity contribution in [2.75, 3.05) is 0 Å². The predicted octanol–water partition coefficient (Wildman–Crippen LogP) is 5.91. The second-order valence-electron chi connectivity index (χ2n) is 7.25. The van der Waals surface area contributed by atoms with Crippen LogP contribution in [-0.2, 0) is 24.5 Å². The molecular formula is C21H15F6N3O3S. The first-order chi connectivity index (χ1) is 15.7. The quantitative estimate of drug-likeness (QED) is 0.149. The summed E-state index contributed by atoms with van der Waals surface area (Å²) in [7, 11) is 0. The van der Waals surface area contributed by atoms with E-state index in [0.717, 1.165) is 11.8 Å². The van der Waals surface area contributed by atoms with Gasteiger partial charge in [-0.25, -0.2) is 4.98 Å². The predicted molar refractivity (Wildman–Crippen MR) is 112 cm³/mol. The van der Waals surface area contributed by atoms with Gasteiger partial charge in [0.25, 0.3) is 11.2 Å². The molecule has 0 aliphatic heterocycles. The Morgan fingerprint density at radius 3 is 2.03 bits per heavy atom. The molecule has 0 atom stereocenters. The number of non-ortho nitro benzene ring substituents is 1. The molecule has 0 fully saturated rings. The lowest BCUT2D eigenvalue weighted by molar-refractivity contribution is -0.384. The summed E-state index contributed by atoms with van der Waals surface area (Å²) in [4.78, 5) is 29.2. The first kappa shape index (κ1) is 25.3. The van der Waals surface area contributed by atoms with Crippen LogP contribution in [0.15, 0.2) is 52.4 Å². The van der Waals surface area contributed by atoms with Crippen molar-refractivity contribution in [3.8, 4) is 0 Å². The number of nitro groups is 1. The fourth-order valence-electron chi connectivity index (χ4n) is 2.98. The van der Waals surface area contributed by atoms with Crippen molar-refractivity contribution in [2.45, 2.75) is 36.6 Å². The molecule has 0 unspecified atom stereocenters. The highest BCUT2D eigenvalue weighted by Gasteiger charge is 2.37. The summed E-state index contributed by atoms with van der Waals surface area (Å²) in [5.74, 6) is 0.255. The highest BCUT2D eigenvalue weighted by Crippen LogP contribution is 2.36. The molecule has 6 nitrogen and oxygen atoms in total. The topological polar surface area (TPSA) is 88.9 Å². The van der Waals surface area contributed by atoms with Crippen LogP contribution in [0.5, 0.6) is 0 Å². The zero-order chi connectivity index (χ0) is 25.3. The molecule has 0 saturated carbocycles. The van der Waals surface area contributed by atoms with Gasteiger partial charge in [-0.2, -0.15) is 26.3 Å². The Morgan fingerprint density at radius 1 is 0.971 bits per heavy atom. The second kappa shape index (κ2) is 9.49. The number of nitro benzene ring substituents is 1. The van der Waals surface area contributed by atoms with Crippen LogP contribution in [0.1, 0.15) is 33.5 Å². The van der Waals surface area contributed by atoms with Gasteiger partial charge in [-0.05, 0) is 36.2 Å².